The summed E-state index contributed by atoms with van der Waals surface area (Å²) in [6.45, 7) is 3.10. The molecule has 3 rings (SSSR count). The molecule has 1 amide bonds. The summed E-state index contributed by atoms with van der Waals surface area (Å²) in [4.78, 5) is 25.0. The molecule has 148 valence electrons. The first-order valence-corrected chi connectivity index (χ1v) is 9.81. The van der Waals surface area contributed by atoms with Crippen LogP contribution in [0.25, 0.3) is 6.08 Å². The zero-order valence-electron chi connectivity index (χ0n) is 16.2. The van der Waals surface area contributed by atoms with Crippen LogP contribution in [0.5, 0.6) is 0 Å². The van der Waals surface area contributed by atoms with Crippen LogP contribution in [0.2, 0.25) is 0 Å². The maximum absolute atomic E-state index is 12.6. The highest BCUT2D eigenvalue weighted by molar-refractivity contribution is 5.98. The fourth-order valence-corrected chi connectivity index (χ4v) is 3.38. The number of ether oxygens (including phenoxy) is 1. The van der Waals surface area contributed by atoms with Gasteiger partial charge >= 0.3 is 0 Å². The number of carbonyl (C=O) groups excluding carboxylic acids is 1. The minimum atomic E-state index is -0.206. The Labute approximate surface area is 165 Å². The van der Waals surface area contributed by atoms with E-state index >= 15 is 0 Å². The van der Waals surface area contributed by atoms with Gasteiger partial charge in [-0.2, -0.15) is 0 Å². The third kappa shape index (κ3) is 5.60. The highest BCUT2D eigenvalue weighted by atomic mass is 16.5. The van der Waals surface area contributed by atoms with Crippen LogP contribution in [0.4, 0.5) is 5.82 Å². The van der Waals surface area contributed by atoms with Crippen molar-refractivity contribution in [3.63, 3.8) is 0 Å². The van der Waals surface area contributed by atoms with Crippen LogP contribution in [-0.2, 0) is 4.74 Å². The molecule has 2 aromatic heterocycles. The smallest absolute Gasteiger partial charge is 0.256 e. The van der Waals surface area contributed by atoms with Gasteiger partial charge in [0.05, 0.1) is 12.1 Å². The normalized spacial score (nSPS) is 19.5. The van der Waals surface area contributed by atoms with Crippen molar-refractivity contribution in [2.45, 2.75) is 44.8 Å². The lowest BCUT2D eigenvalue weighted by Gasteiger charge is -2.32. The van der Waals surface area contributed by atoms with Gasteiger partial charge < -0.3 is 15.4 Å². The highest BCUT2D eigenvalue weighted by Gasteiger charge is 2.27. The van der Waals surface area contributed by atoms with Crippen molar-refractivity contribution in [3.05, 3.63) is 54.3 Å². The minimum absolute atomic E-state index is 0.145. The van der Waals surface area contributed by atoms with Gasteiger partial charge in [-0.25, -0.2) is 9.97 Å². The van der Waals surface area contributed by atoms with Gasteiger partial charge in [0.15, 0.2) is 0 Å². The number of nitrogens with one attached hydrogen (secondary N) is 2. The van der Waals surface area contributed by atoms with Crippen molar-refractivity contribution in [2.24, 2.45) is 0 Å². The number of rotatable bonds is 8. The molecule has 0 radical (unpaired) electrons. The molecule has 2 heterocycles. The van der Waals surface area contributed by atoms with E-state index in [0.717, 1.165) is 24.8 Å². The van der Waals surface area contributed by atoms with Crippen molar-refractivity contribution in [1.82, 2.24) is 20.3 Å². The Hall–Kier alpha value is -2.80. The summed E-state index contributed by atoms with van der Waals surface area (Å²) >= 11 is 0. The maximum atomic E-state index is 12.6. The number of amides is 1. The van der Waals surface area contributed by atoms with Crippen molar-refractivity contribution >= 4 is 17.8 Å². The lowest BCUT2D eigenvalue weighted by atomic mass is 9.92. The van der Waals surface area contributed by atoms with Gasteiger partial charge in [-0.1, -0.05) is 31.1 Å². The summed E-state index contributed by atoms with van der Waals surface area (Å²) in [5.74, 6) is 0.350. The lowest BCUT2D eigenvalue weighted by molar-refractivity contribution is 0.0279. The maximum Gasteiger partial charge on any atom is 0.256 e. The Morgan fingerprint density at radius 1 is 1.29 bits per heavy atom. The molecule has 1 saturated carbocycles. The van der Waals surface area contributed by atoms with Crippen LogP contribution in [0.1, 0.15) is 48.5 Å². The van der Waals surface area contributed by atoms with E-state index in [0.29, 0.717) is 24.5 Å². The molecule has 0 unspecified atom stereocenters. The monoisotopic (exact) mass is 381 g/mol. The van der Waals surface area contributed by atoms with Gasteiger partial charge in [0.1, 0.15) is 17.7 Å². The number of anilines is 1. The van der Waals surface area contributed by atoms with E-state index in [2.05, 4.69) is 25.6 Å². The Bertz CT molecular complexity index is 779. The largest absolute Gasteiger partial charge is 0.376 e. The van der Waals surface area contributed by atoms with Crippen molar-refractivity contribution in [1.29, 1.82) is 0 Å². The van der Waals surface area contributed by atoms with Crippen LogP contribution in [0, 0.1) is 0 Å². The molecule has 2 atom stereocenters. The SMILES string of the molecule is CCO[C@@H]1CCCC[C@H]1Nc1ncncc1C(=O)NC/C=C/c1cccnc1. The predicted molar refractivity (Wildman–Crippen MR) is 109 cm³/mol. The van der Waals surface area contributed by atoms with Gasteiger partial charge in [0.2, 0.25) is 0 Å². The summed E-state index contributed by atoms with van der Waals surface area (Å²) in [5.41, 5.74) is 1.43. The molecule has 7 nitrogen and oxygen atoms in total. The second kappa shape index (κ2) is 10.5. The molecule has 0 saturated heterocycles. The number of hydrogen-bond donors (Lipinski definition) is 2. The molecule has 0 aliphatic heterocycles. The molecular weight excluding hydrogens is 354 g/mol. The van der Waals surface area contributed by atoms with Crippen LogP contribution >= 0.6 is 0 Å². The molecule has 1 aliphatic rings. The molecule has 1 fully saturated rings. The number of carbonyl (C=O) groups is 1. The van der Waals surface area contributed by atoms with E-state index in [1.54, 1.807) is 18.6 Å². The van der Waals surface area contributed by atoms with Crippen molar-refractivity contribution in [3.8, 4) is 0 Å². The van der Waals surface area contributed by atoms with Crippen LogP contribution in [0.3, 0.4) is 0 Å². The quantitative estimate of drug-likeness (QED) is 0.730. The summed E-state index contributed by atoms with van der Waals surface area (Å²) < 4.78 is 5.87. The average Bonchev–Trinajstić information content (AvgIpc) is 2.74. The van der Waals surface area contributed by atoms with Gasteiger partial charge in [-0.05, 0) is 31.4 Å². The molecule has 0 spiro atoms. The zero-order valence-corrected chi connectivity index (χ0v) is 16.2. The van der Waals surface area contributed by atoms with Gasteiger partial charge in [0, 0.05) is 31.7 Å². The van der Waals surface area contributed by atoms with E-state index in [-0.39, 0.29) is 18.1 Å². The molecule has 2 N–H and O–H groups in total. The van der Waals surface area contributed by atoms with Crippen LogP contribution in [0.15, 0.2) is 43.1 Å². The van der Waals surface area contributed by atoms with Crippen molar-refractivity contribution < 1.29 is 9.53 Å². The van der Waals surface area contributed by atoms with E-state index in [1.807, 2.05) is 31.2 Å². The number of hydrogen-bond acceptors (Lipinski definition) is 6. The molecule has 7 heteroatoms. The molecule has 0 aromatic carbocycles. The third-order valence-corrected chi connectivity index (χ3v) is 4.74. The van der Waals surface area contributed by atoms with E-state index in [9.17, 15) is 4.79 Å². The van der Waals surface area contributed by atoms with Crippen molar-refractivity contribution in [2.75, 3.05) is 18.5 Å². The number of aromatic nitrogens is 3. The Kier molecular flexibility index (Phi) is 7.49. The van der Waals surface area contributed by atoms with Gasteiger partial charge in [-0.15, -0.1) is 0 Å². The van der Waals surface area contributed by atoms with Gasteiger partial charge in [-0.3, -0.25) is 9.78 Å². The fourth-order valence-electron chi connectivity index (χ4n) is 3.38. The topological polar surface area (TPSA) is 89.0 Å². The first kappa shape index (κ1) is 19.9. The second-order valence-electron chi connectivity index (χ2n) is 6.71. The molecule has 0 bridgehead atoms. The number of pyridine rings is 1. The molecule has 1 aliphatic carbocycles. The van der Waals surface area contributed by atoms with Crippen LogP contribution < -0.4 is 10.6 Å². The summed E-state index contributed by atoms with van der Waals surface area (Å²) in [5, 5.41) is 6.30. The van der Waals surface area contributed by atoms with Crippen LogP contribution in [-0.4, -0.2) is 46.2 Å². The Morgan fingerprint density at radius 3 is 3.00 bits per heavy atom. The molecule has 2 aromatic rings. The summed E-state index contributed by atoms with van der Waals surface area (Å²) in [6, 6.07) is 3.98. The molecule has 28 heavy (non-hydrogen) atoms. The first-order chi connectivity index (χ1) is 13.8. The summed E-state index contributed by atoms with van der Waals surface area (Å²) in [6.07, 6.45) is 14.8. The average molecular weight is 381 g/mol. The Morgan fingerprint density at radius 2 is 2.18 bits per heavy atom. The standard InChI is InChI=1S/C21H27N5O2/c1-2-28-19-10-4-3-9-18(19)26-20-17(14-23-15-25-20)21(27)24-12-6-8-16-7-5-11-22-13-16/h5-8,11,13-15,18-19H,2-4,9-10,12H2,1H3,(H,24,27)(H,23,25,26)/b8-6+/t18-,19-/m1/s1. The van der Waals surface area contributed by atoms with Gasteiger partial charge in [0.25, 0.3) is 5.91 Å². The predicted octanol–water partition coefficient (Wildman–Crippen LogP) is 3.07. The minimum Gasteiger partial charge on any atom is -0.376 e. The van der Waals surface area contributed by atoms with E-state index < -0.39 is 0 Å². The third-order valence-electron chi connectivity index (χ3n) is 4.74. The summed E-state index contributed by atoms with van der Waals surface area (Å²) in [7, 11) is 0. The number of nitrogens with zero attached hydrogens (tertiary/aromatic N) is 3. The second-order valence-corrected chi connectivity index (χ2v) is 6.71. The Balaban J connectivity index is 1.61. The fraction of sp³-hybridized carbons (Fsp3) is 0.429. The zero-order chi connectivity index (χ0) is 19.6. The van der Waals surface area contributed by atoms with E-state index in [4.69, 9.17) is 4.74 Å². The molecular formula is C21H27N5O2. The van der Waals surface area contributed by atoms with E-state index in [1.165, 1.54) is 12.7 Å². The first-order valence-electron chi connectivity index (χ1n) is 9.81. The lowest BCUT2D eigenvalue weighted by Crippen LogP contribution is -2.39. The highest BCUT2D eigenvalue weighted by Crippen LogP contribution is 2.25.